The van der Waals surface area contributed by atoms with Crippen molar-refractivity contribution < 1.29 is 24.5 Å². The van der Waals surface area contributed by atoms with Gasteiger partial charge in [0.2, 0.25) is 5.91 Å². The third kappa shape index (κ3) is 37.6. The van der Waals surface area contributed by atoms with Crippen LogP contribution in [0.3, 0.4) is 0 Å². The summed E-state index contributed by atoms with van der Waals surface area (Å²) in [6.45, 7) is 4.78. The standard InChI is InChI=1S/C45H83NO5/c1-3-5-7-9-11-13-14-19-23-27-31-35-39-45(50)51-40-36-32-28-24-20-17-15-16-18-22-26-30-34-38-44(49)46-42(41-47)43(48)37-33-29-25-21-12-10-8-6-4-2/h16,18,26,30,33,37,42-43,47-48H,3-15,17,19-25,27-29,31-32,34-36,38-41H2,1-2H3,(H,46,49)/b18-16-,30-26-,37-33+. The molecule has 0 bridgehead atoms. The first-order chi connectivity index (χ1) is 25.0. The van der Waals surface area contributed by atoms with E-state index in [4.69, 9.17) is 4.74 Å². The van der Waals surface area contributed by atoms with Gasteiger partial charge in [-0.2, -0.15) is 0 Å². The first-order valence-electron chi connectivity index (χ1n) is 21.8. The molecule has 0 aliphatic carbocycles. The fourth-order valence-corrected chi connectivity index (χ4v) is 6.27. The minimum atomic E-state index is -0.876. The molecule has 0 aliphatic rings. The van der Waals surface area contributed by atoms with E-state index in [2.05, 4.69) is 37.4 Å². The number of aliphatic hydroxyl groups is 2. The largest absolute Gasteiger partial charge is 0.466 e. The number of aliphatic hydroxyl groups excluding tert-OH is 2. The van der Waals surface area contributed by atoms with Crippen LogP contribution in [-0.4, -0.2) is 47.4 Å². The van der Waals surface area contributed by atoms with E-state index in [1.54, 1.807) is 6.08 Å². The van der Waals surface area contributed by atoms with Crippen molar-refractivity contribution in [3.05, 3.63) is 36.5 Å². The second-order valence-corrected chi connectivity index (χ2v) is 14.7. The van der Waals surface area contributed by atoms with Crippen molar-refractivity contribution in [1.29, 1.82) is 0 Å². The van der Waals surface area contributed by atoms with Crippen molar-refractivity contribution >= 4 is 11.9 Å². The van der Waals surface area contributed by atoms with E-state index in [9.17, 15) is 19.8 Å². The summed E-state index contributed by atoms with van der Waals surface area (Å²) >= 11 is 0. The second kappa shape index (κ2) is 40.8. The lowest BCUT2D eigenvalue weighted by molar-refractivity contribution is -0.143. The highest BCUT2D eigenvalue weighted by Crippen LogP contribution is 2.14. The van der Waals surface area contributed by atoms with Gasteiger partial charge in [0.05, 0.1) is 25.4 Å². The molecule has 0 saturated heterocycles. The molecule has 0 radical (unpaired) electrons. The molecule has 0 aromatic rings. The van der Waals surface area contributed by atoms with Crippen LogP contribution in [0.2, 0.25) is 0 Å². The first kappa shape index (κ1) is 49.1. The number of nitrogens with one attached hydrogen (secondary N) is 1. The Hall–Kier alpha value is -1.92. The SMILES string of the molecule is CCCCCCCCC/C=C/C(O)C(CO)NC(=O)CC/C=C\C/C=C\CCCCCCCCOC(=O)CCCCCCCCCCCCCC. The van der Waals surface area contributed by atoms with Crippen LogP contribution >= 0.6 is 0 Å². The highest BCUT2D eigenvalue weighted by molar-refractivity contribution is 5.76. The smallest absolute Gasteiger partial charge is 0.305 e. The number of esters is 1. The van der Waals surface area contributed by atoms with E-state index in [1.807, 2.05) is 12.2 Å². The van der Waals surface area contributed by atoms with Gasteiger partial charge in [0.15, 0.2) is 0 Å². The van der Waals surface area contributed by atoms with Gasteiger partial charge in [0.1, 0.15) is 0 Å². The van der Waals surface area contributed by atoms with Crippen LogP contribution in [0, 0.1) is 0 Å². The Morgan fingerprint density at radius 1 is 0.549 bits per heavy atom. The van der Waals surface area contributed by atoms with Gasteiger partial charge in [0, 0.05) is 12.8 Å². The number of allylic oxidation sites excluding steroid dienone is 5. The van der Waals surface area contributed by atoms with Crippen molar-refractivity contribution in [2.75, 3.05) is 13.2 Å². The molecule has 3 N–H and O–H groups in total. The minimum absolute atomic E-state index is 0.0194. The predicted molar refractivity (Wildman–Crippen MR) is 218 cm³/mol. The molecule has 2 unspecified atom stereocenters. The zero-order valence-electron chi connectivity index (χ0n) is 33.6. The van der Waals surface area contributed by atoms with E-state index < -0.39 is 12.1 Å². The third-order valence-corrected chi connectivity index (χ3v) is 9.67. The van der Waals surface area contributed by atoms with E-state index in [0.717, 1.165) is 51.4 Å². The molecule has 0 rings (SSSR count). The van der Waals surface area contributed by atoms with Gasteiger partial charge in [-0.1, -0.05) is 185 Å². The summed E-state index contributed by atoms with van der Waals surface area (Å²) < 4.78 is 5.43. The summed E-state index contributed by atoms with van der Waals surface area (Å²) in [5.41, 5.74) is 0. The second-order valence-electron chi connectivity index (χ2n) is 14.7. The fourth-order valence-electron chi connectivity index (χ4n) is 6.27. The Bertz CT molecular complexity index is 838. The molecule has 0 aliphatic heterocycles. The van der Waals surface area contributed by atoms with Gasteiger partial charge in [-0.05, 0) is 51.4 Å². The molecular formula is C45H83NO5. The average molecular weight is 718 g/mol. The number of hydrogen-bond acceptors (Lipinski definition) is 5. The van der Waals surface area contributed by atoms with Crippen molar-refractivity contribution in [1.82, 2.24) is 5.32 Å². The van der Waals surface area contributed by atoms with Crippen LogP contribution in [-0.2, 0) is 14.3 Å². The molecule has 0 heterocycles. The van der Waals surface area contributed by atoms with Gasteiger partial charge >= 0.3 is 5.97 Å². The monoisotopic (exact) mass is 718 g/mol. The predicted octanol–water partition coefficient (Wildman–Crippen LogP) is 12.2. The maximum atomic E-state index is 12.3. The van der Waals surface area contributed by atoms with Crippen LogP contribution < -0.4 is 5.32 Å². The van der Waals surface area contributed by atoms with Crippen LogP contribution in [0.25, 0.3) is 0 Å². The third-order valence-electron chi connectivity index (χ3n) is 9.67. The molecule has 0 saturated carbocycles. The Balaban J connectivity index is 3.59. The summed E-state index contributed by atoms with van der Waals surface area (Å²) in [4.78, 5) is 24.2. The lowest BCUT2D eigenvalue weighted by atomic mass is 10.0. The molecule has 51 heavy (non-hydrogen) atoms. The Labute approximate surface area is 315 Å². The molecular weight excluding hydrogens is 634 g/mol. The van der Waals surface area contributed by atoms with Crippen LogP contribution in [0.1, 0.15) is 213 Å². The van der Waals surface area contributed by atoms with Crippen molar-refractivity contribution in [2.45, 2.75) is 225 Å². The average Bonchev–Trinajstić information content (AvgIpc) is 3.13. The highest BCUT2D eigenvalue weighted by Gasteiger charge is 2.17. The maximum absolute atomic E-state index is 12.3. The molecule has 6 heteroatoms. The lowest BCUT2D eigenvalue weighted by Gasteiger charge is -2.19. The normalized spacial score (nSPS) is 13.1. The van der Waals surface area contributed by atoms with Gasteiger partial charge in [-0.15, -0.1) is 0 Å². The highest BCUT2D eigenvalue weighted by atomic mass is 16.5. The zero-order valence-corrected chi connectivity index (χ0v) is 33.6. The maximum Gasteiger partial charge on any atom is 0.305 e. The fraction of sp³-hybridized carbons (Fsp3) is 0.822. The Kier molecular flexibility index (Phi) is 39.3. The quantitative estimate of drug-likeness (QED) is 0.0334. The van der Waals surface area contributed by atoms with Crippen molar-refractivity contribution in [3.63, 3.8) is 0 Å². The summed E-state index contributed by atoms with van der Waals surface area (Å²) in [6, 6.07) is -0.668. The molecule has 6 nitrogen and oxygen atoms in total. The molecule has 2 atom stereocenters. The molecule has 0 aromatic carbocycles. The van der Waals surface area contributed by atoms with Gasteiger partial charge in [0.25, 0.3) is 0 Å². The van der Waals surface area contributed by atoms with E-state index in [0.29, 0.717) is 25.9 Å². The Morgan fingerprint density at radius 2 is 1.00 bits per heavy atom. The number of unbranched alkanes of at least 4 members (excludes halogenated alkanes) is 24. The molecule has 0 spiro atoms. The number of ether oxygens (including phenoxy) is 1. The topological polar surface area (TPSA) is 95.9 Å². The summed E-state index contributed by atoms with van der Waals surface area (Å²) in [5.74, 6) is -0.172. The lowest BCUT2D eigenvalue weighted by Crippen LogP contribution is -2.45. The molecule has 1 amide bonds. The summed E-state index contributed by atoms with van der Waals surface area (Å²) in [5, 5.41) is 22.7. The summed E-state index contributed by atoms with van der Waals surface area (Å²) in [6.07, 6.45) is 47.2. The number of carbonyl (C=O) groups excluding carboxylic acids is 2. The summed E-state index contributed by atoms with van der Waals surface area (Å²) in [7, 11) is 0. The van der Waals surface area contributed by atoms with E-state index >= 15 is 0 Å². The van der Waals surface area contributed by atoms with Crippen LogP contribution in [0.15, 0.2) is 36.5 Å². The first-order valence-corrected chi connectivity index (χ1v) is 21.8. The molecule has 0 aromatic heterocycles. The number of hydrogen-bond donors (Lipinski definition) is 3. The Morgan fingerprint density at radius 3 is 1.53 bits per heavy atom. The van der Waals surface area contributed by atoms with Crippen molar-refractivity contribution in [3.8, 4) is 0 Å². The van der Waals surface area contributed by atoms with E-state index in [1.165, 1.54) is 128 Å². The van der Waals surface area contributed by atoms with Gasteiger partial charge in [-0.3, -0.25) is 9.59 Å². The number of amides is 1. The molecule has 0 fully saturated rings. The van der Waals surface area contributed by atoms with Crippen LogP contribution in [0.5, 0.6) is 0 Å². The van der Waals surface area contributed by atoms with Crippen LogP contribution in [0.4, 0.5) is 0 Å². The van der Waals surface area contributed by atoms with Gasteiger partial charge in [-0.25, -0.2) is 0 Å². The van der Waals surface area contributed by atoms with Crippen molar-refractivity contribution in [2.24, 2.45) is 0 Å². The number of carbonyl (C=O) groups is 2. The number of rotatable bonds is 39. The minimum Gasteiger partial charge on any atom is -0.466 e. The van der Waals surface area contributed by atoms with Gasteiger partial charge < -0.3 is 20.3 Å². The zero-order chi connectivity index (χ0) is 37.3. The molecule has 298 valence electrons. The van der Waals surface area contributed by atoms with E-state index in [-0.39, 0.29) is 18.5 Å².